The smallest absolute Gasteiger partial charge is 0.0693 e. The number of aliphatic hydroxyl groups is 1. The van der Waals surface area contributed by atoms with Gasteiger partial charge in [0.1, 0.15) is 0 Å². The first-order valence-corrected chi connectivity index (χ1v) is 6.36. The molecular formula is C14H13NOS. The van der Waals surface area contributed by atoms with Crippen molar-refractivity contribution in [2.24, 2.45) is 0 Å². The molecule has 0 amide bonds. The zero-order valence-corrected chi connectivity index (χ0v) is 10.4. The highest BCUT2D eigenvalue weighted by molar-refractivity contribution is 7.99. The van der Waals surface area contributed by atoms with Gasteiger partial charge in [-0.1, -0.05) is 36.0 Å². The molecule has 0 aromatic heterocycles. The van der Waals surface area contributed by atoms with Crippen molar-refractivity contribution in [2.75, 3.05) is 11.9 Å². The Morgan fingerprint density at radius 2 is 1.82 bits per heavy atom. The minimum Gasteiger partial charge on any atom is -0.392 e. The number of para-hydroxylation sites is 1. The number of hydrogen-bond donors (Lipinski definition) is 1. The quantitative estimate of drug-likeness (QED) is 0.830. The van der Waals surface area contributed by atoms with Crippen molar-refractivity contribution in [1.29, 1.82) is 0 Å². The minimum atomic E-state index is 0.0895. The Morgan fingerprint density at radius 1 is 1.06 bits per heavy atom. The van der Waals surface area contributed by atoms with Gasteiger partial charge in [-0.2, -0.15) is 0 Å². The van der Waals surface area contributed by atoms with Crippen LogP contribution in [0.5, 0.6) is 0 Å². The van der Waals surface area contributed by atoms with E-state index in [1.165, 1.54) is 16.3 Å². The molecule has 17 heavy (non-hydrogen) atoms. The first kappa shape index (κ1) is 10.7. The van der Waals surface area contributed by atoms with Crippen LogP contribution in [-0.2, 0) is 6.61 Å². The fraction of sp³-hybridized carbons (Fsp3) is 0.143. The van der Waals surface area contributed by atoms with Crippen molar-refractivity contribution >= 4 is 23.1 Å². The third kappa shape index (κ3) is 1.63. The summed E-state index contributed by atoms with van der Waals surface area (Å²) in [5, 5.41) is 9.40. The molecule has 0 radical (unpaired) electrons. The van der Waals surface area contributed by atoms with Crippen molar-refractivity contribution in [3.05, 3.63) is 48.0 Å². The van der Waals surface area contributed by atoms with Crippen LogP contribution in [-0.4, -0.2) is 12.2 Å². The van der Waals surface area contributed by atoms with Gasteiger partial charge in [0, 0.05) is 16.8 Å². The van der Waals surface area contributed by atoms with E-state index in [2.05, 4.69) is 36.2 Å². The zero-order valence-electron chi connectivity index (χ0n) is 9.55. The van der Waals surface area contributed by atoms with E-state index in [1.54, 1.807) is 11.8 Å². The van der Waals surface area contributed by atoms with Crippen LogP contribution in [0, 0.1) is 0 Å². The first-order valence-electron chi connectivity index (χ1n) is 5.54. The Labute approximate surface area is 105 Å². The van der Waals surface area contributed by atoms with Gasteiger partial charge in [-0.3, -0.25) is 0 Å². The summed E-state index contributed by atoms with van der Waals surface area (Å²) in [7, 11) is 2.07. The van der Waals surface area contributed by atoms with Crippen LogP contribution in [0.15, 0.2) is 52.3 Å². The highest BCUT2D eigenvalue weighted by Gasteiger charge is 2.21. The van der Waals surface area contributed by atoms with E-state index in [4.69, 9.17) is 0 Å². The molecule has 3 heteroatoms. The zero-order chi connectivity index (χ0) is 11.8. The van der Waals surface area contributed by atoms with Gasteiger partial charge >= 0.3 is 0 Å². The molecule has 0 fully saturated rings. The highest BCUT2D eigenvalue weighted by Crippen LogP contribution is 2.48. The van der Waals surface area contributed by atoms with Crippen LogP contribution in [0.4, 0.5) is 11.4 Å². The molecular weight excluding hydrogens is 230 g/mol. The molecule has 86 valence electrons. The summed E-state index contributed by atoms with van der Waals surface area (Å²) in [6.07, 6.45) is 0. The summed E-state index contributed by atoms with van der Waals surface area (Å²) < 4.78 is 0. The third-order valence-electron chi connectivity index (χ3n) is 3.05. The van der Waals surface area contributed by atoms with Crippen LogP contribution < -0.4 is 4.90 Å². The molecule has 1 aliphatic heterocycles. The summed E-state index contributed by atoms with van der Waals surface area (Å²) in [4.78, 5) is 4.58. The van der Waals surface area contributed by atoms with Crippen molar-refractivity contribution in [3.8, 4) is 0 Å². The lowest BCUT2D eigenvalue weighted by atomic mass is 10.1. The predicted molar refractivity (Wildman–Crippen MR) is 71.0 cm³/mol. The monoisotopic (exact) mass is 243 g/mol. The Hall–Kier alpha value is -1.45. The van der Waals surface area contributed by atoms with Crippen molar-refractivity contribution in [1.82, 2.24) is 0 Å². The van der Waals surface area contributed by atoms with Gasteiger partial charge in [0.2, 0.25) is 0 Å². The lowest BCUT2D eigenvalue weighted by molar-refractivity contribution is 0.279. The molecule has 2 aromatic rings. The summed E-state index contributed by atoms with van der Waals surface area (Å²) >= 11 is 1.74. The fourth-order valence-corrected chi connectivity index (χ4v) is 3.39. The van der Waals surface area contributed by atoms with E-state index in [9.17, 15) is 5.11 Å². The maximum atomic E-state index is 9.40. The van der Waals surface area contributed by atoms with Crippen LogP contribution >= 0.6 is 11.8 Å². The SMILES string of the molecule is CN1c2ccccc2Sc2c(CO)cccc21. The Morgan fingerprint density at radius 3 is 2.65 bits per heavy atom. The average Bonchev–Trinajstić information content (AvgIpc) is 2.38. The summed E-state index contributed by atoms with van der Waals surface area (Å²) in [5.41, 5.74) is 3.38. The van der Waals surface area contributed by atoms with Gasteiger partial charge in [0.05, 0.1) is 18.0 Å². The topological polar surface area (TPSA) is 23.5 Å². The second-order valence-corrected chi connectivity index (χ2v) is 5.10. The average molecular weight is 243 g/mol. The minimum absolute atomic E-state index is 0.0895. The summed E-state index contributed by atoms with van der Waals surface area (Å²) in [5.74, 6) is 0. The van der Waals surface area contributed by atoms with Crippen molar-refractivity contribution in [3.63, 3.8) is 0 Å². The number of anilines is 2. The van der Waals surface area contributed by atoms with E-state index >= 15 is 0 Å². The van der Waals surface area contributed by atoms with E-state index in [0.29, 0.717) is 0 Å². The molecule has 0 saturated heterocycles. The predicted octanol–water partition coefficient (Wildman–Crippen LogP) is 3.41. The molecule has 0 unspecified atom stereocenters. The van der Waals surface area contributed by atoms with Gasteiger partial charge in [-0.25, -0.2) is 0 Å². The summed E-state index contributed by atoms with van der Waals surface area (Å²) in [6, 6.07) is 14.4. The van der Waals surface area contributed by atoms with Crippen LogP contribution in [0.25, 0.3) is 0 Å². The molecule has 2 nitrogen and oxygen atoms in total. The second kappa shape index (κ2) is 4.09. The fourth-order valence-electron chi connectivity index (χ4n) is 2.14. The molecule has 0 spiro atoms. The maximum Gasteiger partial charge on any atom is 0.0693 e. The van der Waals surface area contributed by atoms with E-state index in [0.717, 1.165) is 10.5 Å². The lowest BCUT2D eigenvalue weighted by Crippen LogP contribution is -2.15. The van der Waals surface area contributed by atoms with E-state index in [-0.39, 0.29) is 6.61 Å². The molecule has 3 rings (SSSR count). The largest absolute Gasteiger partial charge is 0.392 e. The standard InChI is InChI=1S/C14H13NOS/c1-15-11-6-2-3-8-13(11)17-14-10(9-16)5-4-7-12(14)15/h2-8,16H,9H2,1H3. The van der Waals surface area contributed by atoms with Gasteiger partial charge in [-0.05, 0) is 23.8 Å². The second-order valence-electron chi connectivity index (χ2n) is 4.05. The Kier molecular flexibility index (Phi) is 2.57. The number of aliphatic hydroxyl groups excluding tert-OH is 1. The highest BCUT2D eigenvalue weighted by atomic mass is 32.2. The third-order valence-corrected chi connectivity index (χ3v) is 4.29. The van der Waals surface area contributed by atoms with E-state index < -0.39 is 0 Å². The number of rotatable bonds is 1. The van der Waals surface area contributed by atoms with Gasteiger partial charge in [-0.15, -0.1) is 0 Å². The van der Waals surface area contributed by atoms with Crippen molar-refractivity contribution in [2.45, 2.75) is 16.4 Å². The molecule has 1 aliphatic rings. The van der Waals surface area contributed by atoms with Crippen LogP contribution in [0.1, 0.15) is 5.56 Å². The molecule has 1 N–H and O–H groups in total. The Bertz CT molecular complexity index is 568. The Balaban J connectivity index is 2.19. The molecule has 2 aromatic carbocycles. The van der Waals surface area contributed by atoms with Crippen LogP contribution in [0.2, 0.25) is 0 Å². The number of nitrogens with zero attached hydrogens (tertiary/aromatic N) is 1. The normalized spacial score (nSPS) is 13.2. The maximum absolute atomic E-state index is 9.40. The molecule has 1 heterocycles. The van der Waals surface area contributed by atoms with Gasteiger partial charge in [0.15, 0.2) is 0 Å². The van der Waals surface area contributed by atoms with Gasteiger partial charge < -0.3 is 10.0 Å². The van der Waals surface area contributed by atoms with E-state index in [1.807, 2.05) is 18.2 Å². The molecule has 0 atom stereocenters. The van der Waals surface area contributed by atoms with Gasteiger partial charge in [0.25, 0.3) is 0 Å². The molecule has 0 aliphatic carbocycles. The number of hydrogen-bond acceptors (Lipinski definition) is 3. The molecule has 0 saturated carbocycles. The van der Waals surface area contributed by atoms with Crippen molar-refractivity contribution < 1.29 is 5.11 Å². The number of benzene rings is 2. The first-order chi connectivity index (χ1) is 8.31. The van der Waals surface area contributed by atoms with Crippen LogP contribution in [0.3, 0.4) is 0 Å². The summed E-state index contributed by atoms with van der Waals surface area (Å²) in [6.45, 7) is 0.0895. The number of fused-ring (bicyclic) bond motifs is 2. The lowest BCUT2D eigenvalue weighted by Gasteiger charge is -2.30. The molecule has 0 bridgehead atoms.